The van der Waals surface area contributed by atoms with E-state index in [2.05, 4.69) is 5.32 Å². The van der Waals surface area contributed by atoms with E-state index in [4.69, 9.17) is 0 Å². The maximum absolute atomic E-state index is 11.7. The van der Waals surface area contributed by atoms with Gasteiger partial charge < -0.3 is 5.32 Å². The number of hydrogen-bond donors (Lipinski definition) is 1. The van der Waals surface area contributed by atoms with E-state index in [1.54, 1.807) is 7.05 Å². The average Bonchev–Trinajstić information content (AvgIpc) is 2.11. The van der Waals surface area contributed by atoms with E-state index in [9.17, 15) is 9.59 Å². The van der Waals surface area contributed by atoms with Gasteiger partial charge in [-0.3, -0.25) is 14.5 Å². The summed E-state index contributed by atoms with van der Waals surface area (Å²) in [6.07, 6.45) is 0.743. The zero-order chi connectivity index (χ0) is 11.3. The van der Waals surface area contributed by atoms with Gasteiger partial charge in [0.15, 0.2) is 0 Å². The summed E-state index contributed by atoms with van der Waals surface area (Å²) >= 11 is 0. The number of nitrogens with one attached hydrogen (secondary N) is 1. The molecule has 0 unspecified atom stereocenters. The lowest BCUT2D eigenvalue weighted by molar-refractivity contribution is -0.143. The molecule has 0 aliphatic carbocycles. The fraction of sp³-hybridized carbons (Fsp3) is 0.800. The van der Waals surface area contributed by atoms with Gasteiger partial charge in [-0.25, -0.2) is 0 Å². The van der Waals surface area contributed by atoms with Crippen molar-refractivity contribution in [3.05, 3.63) is 0 Å². The van der Waals surface area contributed by atoms with Crippen molar-refractivity contribution < 1.29 is 9.59 Å². The number of carbonyl (C=O) groups excluding carboxylic acids is 2. The van der Waals surface area contributed by atoms with Gasteiger partial charge in [0.25, 0.3) is 0 Å². The van der Waals surface area contributed by atoms with Crippen LogP contribution in [0.2, 0.25) is 0 Å². The molecule has 0 saturated heterocycles. The molecule has 0 aliphatic heterocycles. The fourth-order valence-corrected chi connectivity index (χ4v) is 1.20. The number of imide groups is 1. The minimum absolute atomic E-state index is 0.159. The largest absolute Gasteiger partial charge is 0.309 e. The number of amides is 2. The first-order valence-corrected chi connectivity index (χ1v) is 4.85. The summed E-state index contributed by atoms with van der Waals surface area (Å²) < 4.78 is 0. The molecule has 2 amide bonds. The van der Waals surface area contributed by atoms with E-state index in [1.165, 1.54) is 14.0 Å². The summed E-state index contributed by atoms with van der Waals surface area (Å²) in [5.74, 6) is 0.0458. The van der Waals surface area contributed by atoms with E-state index >= 15 is 0 Å². The molecule has 4 heteroatoms. The topological polar surface area (TPSA) is 49.4 Å². The molecule has 14 heavy (non-hydrogen) atoms. The van der Waals surface area contributed by atoms with Crippen LogP contribution in [0.4, 0.5) is 0 Å². The predicted molar refractivity (Wildman–Crippen MR) is 55.8 cm³/mol. The van der Waals surface area contributed by atoms with Gasteiger partial charge in [0.1, 0.15) is 0 Å². The first kappa shape index (κ1) is 13.1. The summed E-state index contributed by atoms with van der Waals surface area (Å²) in [6, 6.07) is -0.260. The van der Waals surface area contributed by atoms with Crippen LogP contribution < -0.4 is 5.32 Å². The van der Waals surface area contributed by atoms with Crippen LogP contribution in [0.3, 0.4) is 0 Å². The SMILES string of the molecule is CN[C@@H](CC(C)C)C(=O)N(C)C(C)=O. The van der Waals surface area contributed by atoms with Gasteiger partial charge >= 0.3 is 0 Å². The van der Waals surface area contributed by atoms with Crippen molar-refractivity contribution in [1.29, 1.82) is 0 Å². The molecule has 0 fully saturated rings. The van der Waals surface area contributed by atoms with Crippen LogP contribution in [0, 0.1) is 5.92 Å². The Kier molecular flexibility index (Phi) is 5.38. The molecular weight excluding hydrogens is 180 g/mol. The normalized spacial score (nSPS) is 12.7. The molecule has 0 aromatic carbocycles. The lowest BCUT2D eigenvalue weighted by atomic mass is 10.0. The average molecular weight is 200 g/mol. The molecule has 0 bridgehead atoms. The van der Waals surface area contributed by atoms with E-state index in [0.29, 0.717) is 5.92 Å². The highest BCUT2D eigenvalue weighted by Gasteiger charge is 2.23. The van der Waals surface area contributed by atoms with Crippen LogP contribution in [-0.4, -0.2) is 36.9 Å². The molecule has 4 nitrogen and oxygen atoms in total. The molecule has 82 valence electrons. The van der Waals surface area contributed by atoms with Crippen molar-refractivity contribution in [2.24, 2.45) is 5.92 Å². The summed E-state index contributed by atoms with van der Waals surface area (Å²) in [5.41, 5.74) is 0. The van der Waals surface area contributed by atoms with Crippen molar-refractivity contribution in [3.8, 4) is 0 Å². The highest BCUT2D eigenvalue weighted by molar-refractivity contribution is 5.96. The Bertz CT molecular complexity index is 214. The Labute approximate surface area is 85.7 Å². The Morgan fingerprint density at radius 3 is 2.14 bits per heavy atom. The highest BCUT2D eigenvalue weighted by atomic mass is 16.2. The lowest BCUT2D eigenvalue weighted by Gasteiger charge is -2.22. The predicted octanol–water partition coefficient (Wildman–Crippen LogP) is 0.625. The Morgan fingerprint density at radius 1 is 1.36 bits per heavy atom. The van der Waals surface area contributed by atoms with Crippen molar-refractivity contribution in [3.63, 3.8) is 0 Å². The van der Waals surface area contributed by atoms with Crippen LogP contribution in [0.5, 0.6) is 0 Å². The summed E-state index contributed by atoms with van der Waals surface area (Å²) in [7, 11) is 3.24. The van der Waals surface area contributed by atoms with Crippen LogP contribution in [-0.2, 0) is 9.59 Å². The second-order valence-corrected chi connectivity index (χ2v) is 3.89. The molecule has 0 radical (unpaired) electrons. The Morgan fingerprint density at radius 2 is 1.86 bits per heavy atom. The number of nitrogens with zero attached hydrogens (tertiary/aromatic N) is 1. The van der Waals surface area contributed by atoms with Gasteiger partial charge in [0.2, 0.25) is 11.8 Å². The number of hydrogen-bond acceptors (Lipinski definition) is 3. The summed E-state index contributed by atoms with van der Waals surface area (Å²) in [4.78, 5) is 23.8. The van der Waals surface area contributed by atoms with Gasteiger partial charge in [0.05, 0.1) is 6.04 Å². The highest BCUT2D eigenvalue weighted by Crippen LogP contribution is 2.06. The van der Waals surface area contributed by atoms with E-state index in [-0.39, 0.29) is 17.9 Å². The van der Waals surface area contributed by atoms with E-state index in [0.717, 1.165) is 11.3 Å². The molecule has 0 aromatic rings. The third-order valence-electron chi connectivity index (χ3n) is 2.16. The van der Waals surface area contributed by atoms with Crippen molar-refractivity contribution in [2.45, 2.75) is 33.2 Å². The summed E-state index contributed by atoms with van der Waals surface area (Å²) in [6.45, 7) is 5.48. The molecule has 1 atom stereocenters. The van der Waals surface area contributed by atoms with E-state index < -0.39 is 0 Å². The zero-order valence-corrected chi connectivity index (χ0v) is 9.63. The second kappa shape index (κ2) is 5.75. The van der Waals surface area contributed by atoms with Gasteiger partial charge in [-0.05, 0) is 19.4 Å². The zero-order valence-electron chi connectivity index (χ0n) is 9.63. The maximum Gasteiger partial charge on any atom is 0.246 e. The molecule has 0 spiro atoms. The Hall–Kier alpha value is -0.900. The monoisotopic (exact) mass is 200 g/mol. The molecule has 0 rings (SSSR count). The molecule has 0 aromatic heterocycles. The van der Waals surface area contributed by atoms with Crippen molar-refractivity contribution in [1.82, 2.24) is 10.2 Å². The third kappa shape index (κ3) is 3.87. The second-order valence-electron chi connectivity index (χ2n) is 3.89. The van der Waals surface area contributed by atoms with Gasteiger partial charge in [-0.1, -0.05) is 13.8 Å². The quantitative estimate of drug-likeness (QED) is 0.724. The minimum atomic E-state index is -0.260. The number of carbonyl (C=O) groups is 2. The van der Waals surface area contributed by atoms with Gasteiger partial charge in [-0.2, -0.15) is 0 Å². The maximum atomic E-state index is 11.7. The number of likely N-dealkylation sites (N-methyl/N-ethyl adjacent to an activating group) is 2. The third-order valence-corrected chi connectivity index (χ3v) is 2.16. The number of rotatable bonds is 4. The first-order valence-electron chi connectivity index (χ1n) is 4.85. The standard InChI is InChI=1S/C10H20N2O2/c1-7(2)6-9(11-4)10(14)12(5)8(3)13/h7,9,11H,6H2,1-5H3/t9-/m0/s1. The van der Waals surface area contributed by atoms with Crippen LogP contribution in [0.15, 0.2) is 0 Å². The molecule has 0 heterocycles. The molecule has 0 aliphatic rings. The van der Waals surface area contributed by atoms with Crippen molar-refractivity contribution in [2.75, 3.05) is 14.1 Å². The lowest BCUT2D eigenvalue weighted by Crippen LogP contribution is -2.45. The van der Waals surface area contributed by atoms with Crippen LogP contribution in [0.1, 0.15) is 27.2 Å². The van der Waals surface area contributed by atoms with Gasteiger partial charge in [-0.15, -0.1) is 0 Å². The smallest absolute Gasteiger partial charge is 0.246 e. The Balaban J connectivity index is 4.38. The first-order chi connectivity index (χ1) is 6.40. The summed E-state index contributed by atoms with van der Waals surface area (Å²) in [5, 5.41) is 2.93. The molecule has 0 saturated carbocycles. The molecular formula is C10H20N2O2. The van der Waals surface area contributed by atoms with Crippen LogP contribution in [0.25, 0.3) is 0 Å². The van der Waals surface area contributed by atoms with Crippen molar-refractivity contribution >= 4 is 11.8 Å². The fourth-order valence-electron chi connectivity index (χ4n) is 1.20. The van der Waals surface area contributed by atoms with Gasteiger partial charge in [0, 0.05) is 14.0 Å². The molecule has 1 N–H and O–H groups in total. The van der Waals surface area contributed by atoms with Crippen LogP contribution >= 0.6 is 0 Å². The minimum Gasteiger partial charge on any atom is -0.309 e. The van der Waals surface area contributed by atoms with E-state index in [1.807, 2.05) is 13.8 Å².